The van der Waals surface area contributed by atoms with Crippen molar-refractivity contribution in [2.45, 2.75) is 33.1 Å². The third kappa shape index (κ3) is 1.89. The highest BCUT2D eigenvalue weighted by atomic mass is 16.2. The minimum atomic E-state index is -0.571. The van der Waals surface area contributed by atoms with Crippen LogP contribution in [-0.2, 0) is 10.2 Å². The van der Waals surface area contributed by atoms with E-state index in [1.807, 2.05) is 27.7 Å². The fraction of sp³-hybridized carbons (Fsp3) is 0.636. The van der Waals surface area contributed by atoms with E-state index in [0.717, 1.165) is 17.0 Å². The molecule has 4 nitrogen and oxygen atoms in total. The Balaban J connectivity index is 3.16. The molecule has 1 amide bonds. The van der Waals surface area contributed by atoms with Gasteiger partial charge >= 0.3 is 0 Å². The summed E-state index contributed by atoms with van der Waals surface area (Å²) in [6, 6.07) is 0. The second-order valence-electron chi connectivity index (χ2n) is 4.65. The van der Waals surface area contributed by atoms with E-state index >= 15 is 0 Å². The Morgan fingerprint density at radius 2 is 1.87 bits per heavy atom. The molecule has 1 aromatic rings. The highest BCUT2D eigenvalue weighted by molar-refractivity contribution is 5.86. The van der Waals surface area contributed by atoms with Gasteiger partial charge in [0.05, 0.1) is 11.1 Å². The van der Waals surface area contributed by atoms with Gasteiger partial charge in [0.1, 0.15) is 0 Å². The number of carbonyl (C=O) groups excluding carboxylic acids is 1. The van der Waals surface area contributed by atoms with E-state index in [9.17, 15) is 4.79 Å². The number of rotatable bonds is 2. The quantitative estimate of drug-likeness (QED) is 0.800. The molecular formula is C11H19N3O. The van der Waals surface area contributed by atoms with Crippen LogP contribution < -0.4 is 0 Å². The number of nitrogens with one attached hydrogen (secondary N) is 1. The second-order valence-corrected chi connectivity index (χ2v) is 4.65. The Morgan fingerprint density at radius 1 is 1.33 bits per heavy atom. The van der Waals surface area contributed by atoms with Gasteiger partial charge in [0, 0.05) is 19.8 Å². The Morgan fingerprint density at radius 3 is 2.20 bits per heavy atom. The number of aryl methyl sites for hydroxylation is 1. The molecule has 0 aliphatic carbocycles. The van der Waals surface area contributed by atoms with Gasteiger partial charge in [0.25, 0.3) is 0 Å². The smallest absolute Gasteiger partial charge is 0.233 e. The molecule has 0 radical (unpaired) electrons. The number of amides is 1. The molecule has 1 aromatic heterocycles. The monoisotopic (exact) mass is 209 g/mol. The summed E-state index contributed by atoms with van der Waals surface area (Å²) in [7, 11) is 3.53. The van der Waals surface area contributed by atoms with Crippen LogP contribution in [0.5, 0.6) is 0 Å². The van der Waals surface area contributed by atoms with Crippen LogP contribution in [0.15, 0.2) is 0 Å². The topological polar surface area (TPSA) is 49.0 Å². The van der Waals surface area contributed by atoms with E-state index < -0.39 is 5.41 Å². The summed E-state index contributed by atoms with van der Waals surface area (Å²) in [5.74, 6) is 0.0668. The summed E-state index contributed by atoms with van der Waals surface area (Å²) >= 11 is 0. The van der Waals surface area contributed by atoms with Crippen molar-refractivity contribution in [3.05, 3.63) is 17.0 Å². The highest BCUT2D eigenvalue weighted by Crippen LogP contribution is 2.27. The van der Waals surface area contributed by atoms with Crippen LogP contribution in [0, 0.1) is 13.8 Å². The lowest BCUT2D eigenvalue weighted by molar-refractivity contribution is -0.133. The molecule has 0 saturated heterocycles. The van der Waals surface area contributed by atoms with E-state index in [2.05, 4.69) is 10.2 Å². The standard InChI is InChI=1S/C11H19N3O/c1-7-8(2)12-13-9(7)11(3,4)10(15)14(5)6/h1-6H3,(H,12,13). The molecule has 84 valence electrons. The van der Waals surface area contributed by atoms with Crippen molar-refractivity contribution in [1.82, 2.24) is 15.1 Å². The summed E-state index contributed by atoms with van der Waals surface area (Å²) in [5.41, 5.74) is 2.34. The van der Waals surface area contributed by atoms with Crippen LogP contribution in [-0.4, -0.2) is 35.1 Å². The largest absolute Gasteiger partial charge is 0.348 e. The van der Waals surface area contributed by atoms with Crippen molar-refractivity contribution in [2.75, 3.05) is 14.1 Å². The first-order chi connectivity index (χ1) is 6.78. The summed E-state index contributed by atoms with van der Waals surface area (Å²) in [6.45, 7) is 7.75. The molecule has 0 aliphatic heterocycles. The van der Waals surface area contributed by atoms with Crippen molar-refractivity contribution in [3.63, 3.8) is 0 Å². The maximum atomic E-state index is 12.0. The summed E-state index contributed by atoms with van der Waals surface area (Å²) in [6.07, 6.45) is 0. The Bertz CT molecular complexity index is 377. The van der Waals surface area contributed by atoms with E-state index in [-0.39, 0.29) is 5.91 Å². The molecule has 0 aromatic carbocycles. The van der Waals surface area contributed by atoms with Crippen LogP contribution in [0.1, 0.15) is 30.8 Å². The molecule has 0 bridgehead atoms. The van der Waals surface area contributed by atoms with Gasteiger partial charge in [-0.05, 0) is 33.3 Å². The van der Waals surface area contributed by atoms with Gasteiger partial charge in [-0.15, -0.1) is 0 Å². The number of H-pyrrole nitrogens is 1. The van der Waals surface area contributed by atoms with Gasteiger partial charge in [0.15, 0.2) is 0 Å². The normalized spacial score (nSPS) is 11.6. The third-order valence-electron chi connectivity index (χ3n) is 2.79. The highest BCUT2D eigenvalue weighted by Gasteiger charge is 2.35. The van der Waals surface area contributed by atoms with E-state index in [1.165, 1.54) is 0 Å². The molecule has 0 atom stereocenters. The lowest BCUT2D eigenvalue weighted by Gasteiger charge is -2.26. The second kappa shape index (κ2) is 3.68. The number of nitrogens with zero attached hydrogens (tertiary/aromatic N) is 2. The summed E-state index contributed by atoms with van der Waals surface area (Å²) in [5, 5.41) is 7.13. The van der Waals surface area contributed by atoms with Gasteiger partial charge < -0.3 is 4.90 Å². The average molecular weight is 209 g/mol. The maximum absolute atomic E-state index is 12.0. The molecule has 1 rings (SSSR count). The number of aromatic amines is 1. The first kappa shape index (κ1) is 11.8. The Hall–Kier alpha value is -1.32. The van der Waals surface area contributed by atoms with Crippen molar-refractivity contribution in [3.8, 4) is 0 Å². The van der Waals surface area contributed by atoms with Gasteiger partial charge in [0.2, 0.25) is 5.91 Å². The van der Waals surface area contributed by atoms with E-state index in [1.54, 1.807) is 19.0 Å². The maximum Gasteiger partial charge on any atom is 0.233 e. The van der Waals surface area contributed by atoms with Gasteiger partial charge in [-0.2, -0.15) is 5.10 Å². The zero-order valence-electron chi connectivity index (χ0n) is 10.3. The van der Waals surface area contributed by atoms with Crippen LogP contribution in [0.2, 0.25) is 0 Å². The minimum Gasteiger partial charge on any atom is -0.348 e. The summed E-state index contributed by atoms with van der Waals surface area (Å²) in [4.78, 5) is 13.6. The fourth-order valence-corrected chi connectivity index (χ4v) is 1.75. The number of aromatic nitrogens is 2. The lowest BCUT2D eigenvalue weighted by atomic mass is 9.85. The SMILES string of the molecule is Cc1[nH]nc(C(C)(C)C(=O)N(C)C)c1C. The first-order valence-corrected chi connectivity index (χ1v) is 5.02. The zero-order valence-corrected chi connectivity index (χ0v) is 10.3. The predicted octanol–water partition coefficient (Wildman–Crippen LogP) is 1.39. The van der Waals surface area contributed by atoms with Crippen molar-refractivity contribution in [2.24, 2.45) is 0 Å². The van der Waals surface area contributed by atoms with Crippen LogP contribution >= 0.6 is 0 Å². The van der Waals surface area contributed by atoms with Crippen LogP contribution in [0.4, 0.5) is 0 Å². The molecule has 1 N–H and O–H groups in total. The van der Waals surface area contributed by atoms with Gasteiger partial charge in [-0.25, -0.2) is 0 Å². The van der Waals surface area contributed by atoms with Gasteiger partial charge in [-0.3, -0.25) is 9.89 Å². The number of hydrogen-bond donors (Lipinski definition) is 1. The molecular weight excluding hydrogens is 190 g/mol. The van der Waals surface area contributed by atoms with Crippen molar-refractivity contribution >= 4 is 5.91 Å². The zero-order chi connectivity index (χ0) is 11.8. The first-order valence-electron chi connectivity index (χ1n) is 5.02. The molecule has 0 unspecified atom stereocenters. The number of carbonyl (C=O) groups is 1. The number of hydrogen-bond acceptors (Lipinski definition) is 2. The lowest BCUT2D eigenvalue weighted by Crippen LogP contribution is -2.40. The average Bonchev–Trinajstić information content (AvgIpc) is 2.46. The third-order valence-corrected chi connectivity index (χ3v) is 2.79. The molecule has 0 spiro atoms. The van der Waals surface area contributed by atoms with Crippen molar-refractivity contribution < 1.29 is 4.79 Å². The minimum absolute atomic E-state index is 0.0668. The van der Waals surface area contributed by atoms with E-state index in [0.29, 0.717) is 0 Å². The predicted molar refractivity (Wildman–Crippen MR) is 59.8 cm³/mol. The Labute approximate surface area is 90.7 Å². The van der Waals surface area contributed by atoms with Crippen LogP contribution in [0.3, 0.4) is 0 Å². The van der Waals surface area contributed by atoms with Crippen LogP contribution in [0.25, 0.3) is 0 Å². The summed E-state index contributed by atoms with van der Waals surface area (Å²) < 4.78 is 0. The molecule has 0 aliphatic rings. The Kier molecular flexibility index (Phi) is 2.88. The molecule has 15 heavy (non-hydrogen) atoms. The molecule has 4 heteroatoms. The molecule has 1 heterocycles. The fourth-order valence-electron chi connectivity index (χ4n) is 1.75. The molecule has 0 saturated carbocycles. The number of likely N-dealkylation sites (N-methyl/N-ethyl adjacent to an activating group) is 1. The van der Waals surface area contributed by atoms with Crippen molar-refractivity contribution in [1.29, 1.82) is 0 Å². The van der Waals surface area contributed by atoms with Gasteiger partial charge in [-0.1, -0.05) is 0 Å². The molecule has 0 fully saturated rings. The van der Waals surface area contributed by atoms with E-state index in [4.69, 9.17) is 0 Å².